The zero-order valence-electron chi connectivity index (χ0n) is 15.9. The third kappa shape index (κ3) is 6.17. The van der Waals surface area contributed by atoms with E-state index in [4.69, 9.17) is 0 Å². The van der Waals surface area contributed by atoms with E-state index >= 15 is 0 Å². The van der Waals surface area contributed by atoms with E-state index in [-0.39, 0.29) is 5.92 Å². The number of benzene rings is 1. The Bertz CT molecular complexity index is 627. The molecule has 0 saturated heterocycles. The van der Waals surface area contributed by atoms with Crippen molar-refractivity contribution in [1.82, 2.24) is 4.98 Å². The maximum absolute atomic E-state index is 10.6. The second-order valence-electron chi connectivity index (χ2n) is 7.54. The maximum atomic E-state index is 10.6. The second kappa shape index (κ2) is 9.57. The van der Waals surface area contributed by atoms with Crippen LogP contribution in [0.5, 0.6) is 0 Å². The first-order chi connectivity index (χ1) is 12.0. The van der Waals surface area contributed by atoms with Crippen LogP contribution < -0.4 is 5.32 Å². The number of aliphatic hydroxyl groups excluding tert-OH is 1. The molecule has 136 valence electrons. The monoisotopic (exact) mass is 340 g/mol. The SMILES string of the molecule is CC(C)CCNc1ccnc(CC(C)[C@H](C)[C@@H](O)c2ccccc2)c1. The first kappa shape index (κ1) is 19.5. The standard InChI is InChI=1S/C22H32N2O/c1-16(2)10-12-23-20-11-13-24-21(15-20)14-17(3)18(4)22(25)19-8-6-5-7-9-19/h5-9,11,13,15-18,22,25H,10,12,14H2,1-4H3,(H,23,24)/t17?,18-,22+/m0/s1. The molecular weight excluding hydrogens is 308 g/mol. The van der Waals surface area contributed by atoms with Gasteiger partial charge in [0.2, 0.25) is 0 Å². The molecule has 0 saturated carbocycles. The number of rotatable bonds is 9. The number of nitrogens with one attached hydrogen (secondary N) is 1. The van der Waals surface area contributed by atoms with Crippen LogP contribution in [0, 0.1) is 17.8 Å². The van der Waals surface area contributed by atoms with Crippen LogP contribution in [0.25, 0.3) is 0 Å². The Morgan fingerprint density at radius 2 is 1.76 bits per heavy atom. The Hall–Kier alpha value is -1.87. The van der Waals surface area contributed by atoms with Gasteiger partial charge >= 0.3 is 0 Å². The lowest BCUT2D eigenvalue weighted by atomic mass is 9.84. The Balaban J connectivity index is 1.94. The Kier molecular flexibility index (Phi) is 7.45. The van der Waals surface area contributed by atoms with E-state index in [0.717, 1.165) is 36.3 Å². The van der Waals surface area contributed by atoms with Crippen molar-refractivity contribution in [3.63, 3.8) is 0 Å². The molecule has 3 heteroatoms. The van der Waals surface area contributed by atoms with Crippen LogP contribution in [0.1, 0.15) is 51.5 Å². The van der Waals surface area contributed by atoms with E-state index in [1.165, 1.54) is 0 Å². The highest BCUT2D eigenvalue weighted by molar-refractivity contribution is 5.43. The minimum absolute atomic E-state index is 0.168. The molecule has 0 amide bonds. The zero-order chi connectivity index (χ0) is 18.2. The van der Waals surface area contributed by atoms with Crippen LogP contribution in [0.3, 0.4) is 0 Å². The fraction of sp³-hybridized carbons (Fsp3) is 0.500. The second-order valence-corrected chi connectivity index (χ2v) is 7.54. The maximum Gasteiger partial charge on any atom is 0.0818 e. The van der Waals surface area contributed by atoms with Crippen molar-refractivity contribution in [3.8, 4) is 0 Å². The van der Waals surface area contributed by atoms with Crippen LogP contribution in [0.15, 0.2) is 48.7 Å². The molecule has 3 nitrogen and oxygen atoms in total. The molecule has 0 spiro atoms. The van der Waals surface area contributed by atoms with Gasteiger partial charge in [-0.25, -0.2) is 0 Å². The minimum atomic E-state index is -0.441. The molecule has 2 rings (SSSR count). The fourth-order valence-electron chi connectivity index (χ4n) is 2.99. The summed E-state index contributed by atoms with van der Waals surface area (Å²) in [6.45, 7) is 9.77. The van der Waals surface area contributed by atoms with E-state index in [9.17, 15) is 5.11 Å². The molecule has 0 radical (unpaired) electrons. The van der Waals surface area contributed by atoms with Crippen LogP contribution in [0.2, 0.25) is 0 Å². The molecule has 1 heterocycles. The van der Waals surface area contributed by atoms with Gasteiger partial charge < -0.3 is 10.4 Å². The van der Waals surface area contributed by atoms with E-state index in [1.54, 1.807) is 0 Å². The van der Waals surface area contributed by atoms with Crippen LogP contribution >= 0.6 is 0 Å². The van der Waals surface area contributed by atoms with Crippen LogP contribution in [0.4, 0.5) is 5.69 Å². The van der Waals surface area contributed by atoms with E-state index in [2.05, 4.69) is 44.1 Å². The van der Waals surface area contributed by atoms with Crippen LogP contribution in [-0.2, 0) is 6.42 Å². The lowest BCUT2D eigenvalue weighted by molar-refractivity contribution is 0.0869. The number of hydrogen-bond acceptors (Lipinski definition) is 3. The highest BCUT2D eigenvalue weighted by Crippen LogP contribution is 2.29. The lowest BCUT2D eigenvalue weighted by Crippen LogP contribution is -2.19. The number of aliphatic hydroxyl groups is 1. The molecule has 0 bridgehead atoms. The normalized spacial score (nSPS) is 15.0. The summed E-state index contributed by atoms with van der Waals surface area (Å²) in [5.74, 6) is 1.21. The Morgan fingerprint density at radius 1 is 1.04 bits per heavy atom. The van der Waals surface area contributed by atoms with Gasteiger partial charge in [-0.3, -0.25) is 4.98 Å². The quantitative estimate of drug-likeness (QED) is 0.668. The molecule has 1 aromatic heterocycles. The molecule has 0 aliphatic heterocycles. The van der Waals surface area contributed by atoms with E-state index < -0.39 is 6.10 Å². The van der Waals surface area contributed by atoms with Crippen molar-refractivity contribution in [2.45, 2.75) is 46.6 Å². The summed E-state index contributed by atoms with van der Waals surface area (Å²) in [5.41, 5.74) is 3.20. The fourth-order valence-corrected chi connectivity index (χ4v) is 2.99. The minimum Gasteiger partial charge on any atom is -0.388 e. The summed E-state index contributed by atoms with van der Waals surface area (Å²) in [7, 11) is 0. The van der Waals surface area contributed by atoms with E-state index in [1.807, 2.05) is 42.6 Å². The average molecular weight is 341 g/mol. The number of nitrogens with zero attached hydrogens (tertiary/aromatic N) is 1. The molecule has 0 fully saturated rings. The van der Waals surface area contributed by atoms with Crippen molar-refractivity contribution < 1.29 is 5.11 Å². The van der Waals surface area contributed by atoms with Gasteiger partial charge in [0, 0.05) is 24.1 Å². The van der Waals surface area contributed by atoms with Crippen molar-refractivity contribution in [1.29, 1.82) is 0 Å². The molecule has 25 heavy (non-hydrogen) atoms. The van der Waals surface area contributed by atoms with Crippen molar-refractivity contribution in [2.24, 2.45) is 17.8 Å². The molecule has 3 atom stereocenters. The zero-order valence-corrected chi connectivity index (χ0v) is 15.9. The van der Waals surface area contributed by atoms with Gasteiger partial charge in [-0.15, -0.1) is 0 Å². The predicted octanol–water partition coefficient (Wildman–Crippen LogP) is 5.09. The average Bonchev–Trinajstić information content (AvgIpc) is 2.61. The highest BCUT2D eigenvalue weighted by Gasteiger charge is 2.22. The summed E-state index contributed by atoms with van der Waals surface area (Å²) in [4.78, 5) is 4.52. The van der Waals surface area contributed by atoms with Crippen LogP contribution in [-0.4, -0.2) is 16.6 Å². The van der Waals surface area contributed by atoms with Crippen molar-refractivity contribution >= 4 is 5.69 Å². The van der Waals surface area contributed by atoms with Crippen molar-refractivity contribution in [2.75, 3.05) is 11.9 Å². The summed E-state index contributed by atoms with van der Waals surface area (Å²) in [6, 6.07) is 14.1. The van der Waals surface area contributed by atoms with Gasteiger partial charge in [0.1, 0.15) is 0 Å². The number of pyridine rings is 1. The third-order valence-corrected chi connectivity index (χ3v) is 4.94. The molecule has 1 unspecified atom stereocenters. The summed E-state index contributed by atoms with van der Waals surface area (Å²) in [6.07, 6.45) is 3.46. The summed E-state index contributed by atoms with van der Waals surface area (Å²) >= 11 is 0. The summed E-state index contributed by atoms with van der Waals surface area (Å²) < 4.78 is 0. The molecule has 0 aliphatic rings. The molecule has 2 N–H and O–H groups in total. The topological polar surface area (TPSA) is 45.2 Å². The molecule has 2 aromatic rings. The Labute approximate surface area is 152 Å². The van der Waals surface area contributed by atoms with E-state index in [0.29, 0.717) is 11.8 Å². The number of hydrogen-bond donors (Lipinski definition) is 2. The first-order valence-corrected chi connectivity index (χ1v) is 9.39. The highest BCUT2D eigenvalue weighted by atomic mass is 16.3. The number of anilines is 1. The Morgan fingerprint density at radius 3 is 2.44 bits per heavy atom. The first-order valence-electron chi connectivity index (χ1n) is 9.39. The smallest absolute Gasteiger partial charge is 0.0818 e. The largest absolute Gasteiger partial charge is 0.388 e. The van der Waals surface area contributed by atoms with Gasteiger partial charge in [0.05, 0.1) is 6.10 Å². The lowest BCUT2D eigenvalue weighted by Gasteiger charge is -2.25. The van der Waals surface area contributed by atoms with Gasteiger partial charge in [0.15, 0.2) is 0 Å². The van der Waals surface area contributed by atoms with Gasteiger partial charge in [-0.1, -0.05) is 58.0 Å². The number of aromatic nitrogens is 1. The molecule has 0 aliphatic carbocycles. The van der Waals surface area contributed by atoms with Gasteiger partial charge in [0.25, 0.3) is 0 Å². The van der Waals surface area contributed by atoms with Crippen molar-refractivity contribution in [3.05, 3.63) is 59.9 Å². The molecule has 1 aromatic carbocycles. The predicted molar refractivity (Wildman–Crippen MR) is 106 cm³/mol. The van der Waals surface area contributed by atoms with Gasteiger partial charge in [-0.05, 0) is 48.3 Å². The van der Waals surface area contributed by atoms with Gasteiger partial charge in [-0.2, -0.15) is 0 Å². The molecular formula is C22H32N2O. The third-order valence-electron chi connectivity index (χ3n) is 4.94. The summed E-state index contributed by atoms with van der Waals surface area (Å²) in [5, 5.41) is 14.1.